The third-order valence-corrected chi connectivity index (χ3v) is 3.05. The number of nitrogens with one attached hydrogen (secondary N) is 2. The lowest BCUT2D eigenvalue weighted by Crippen LogP contribution is -2.09. The van der Waals surface area contributed by atoms with Gasteiger partial charge in [0.1, 0.15) is 0 Å². The highest BCUT2D eigenvalue weighted by Crippen LogP contribution is 2.33. The Balaban J connectivity index is 2.47. The Labute approximate surface area is 123 Å². The van der Waals surface area contributed by atoms with Gasteiger partial charge in [-0.15, -0.1) is 0 Å². The Morgan fingerprint density at radius 2 is 1.86 bits per heavy atom. The Bertz CT molecular complexity index is 691. The predicted molar refractivity (Wildman–Crippen MR) is 81.9 cm³/mol. The second kappa shape index (κ2) is 6.25. The van der Waals surface area contributed by atoms with Gasteiger partial charge in [-0.2, -0.15) is 0 Å². The van der Waals surface area contributed by atoms with Crippen molar-refractivity contribution in [3.63, 3.8) is 0 Å². The molecule has 8 heteroatoms. The van der Waals surface area contributed by atoms with Gasteiger partial charge < -0.3 is 16.2 Å². The van der Waals surface area contributed by atoms with Crippen LogP contribution in [0.15, 0.2) is 42.5 Å². The number of carboxylic acid groups (broad SMARTS) is 1. The fraction of sp³-hybridized carbons (Fsp3) is 0. The van der Waals surface area contributed by atoms with E-state index in [9.17, 15) is 9.00 Å². The minimum Gasteiger partial charge on any atom is -0.478 e. The predicted octanol–water partition coefficient (Wildman–Crippen LogP) is 2.26. The molecule has 21 heavy (non-hydrogen) atoms. The zero-order chi connectivity index (χ0) is 15.4. The minimum absolute atomic E-state index is 0.0842. The van der Waals surface area contributed by atoms with Crippen molar-refractivity contribution in [1.82, 2.24) is 0 Å². The zero-order valence-corrected chi connectivity index (χ0v) is 11.6. The molecule has 0 heterocycles. The molecular weight excluding hydrogens is 294 g/mol. The molecule has 6 N–H and O–H groups in total. The summed E-state index contributed by atoms with van der Waals surface area (Å²) in [5, 5.41) is 12.0. The largest absolute Gasteiger partial charge is 0.478 e. The molecule has 0 aromatic heterocycles. The smallest absolute Gasteiger partial charge is 0.335 e. The molecule has 0 saturated carbocycles. The van der Waals surface area contributed by atoms with Crippen LogP contribution in [-0.4, -0.2) is 19.8 Å². The van der Waals surface area contributed by atoms with Crippen molar-refractivity contribution in [2.75, 3.05) is 15.8 Å². The maximum absolute atomic E-state index is 11.0. The summed E-state index contributed by atoms with van der Waals surface area (Å²) in [5.41, 5.74) is 7.06. The number of anilines is 4. The summed E-state index contributed by atoms with van der Waals surface area (Å²) < 4.78 is 22.2. The van der Waals surface area contributed by atoms with Gasteiger partial charge in [-0.25, -0.2) is 9.00 Å². The molecule has 0 spiro atoms. The number of hydrogen-bond donors (Lipinski definition) is 5. The number of nitrogen functional groups attached to an aromatic ring is 1. The molecule has 0 bridgehead atoms. The SMILES string of the molecule is Nc1cc(C(=O)O)cc(NS(=O)O)c1Nc1ccccc1. The molecule has 2 aromatic rings. The van der Waals surface area contributed by atoms with Crippen molar-refractivity contribution in [1.29, 1.82) is 0 Å². The van der Waals surface area contributed by atoms with Crippen molar-refractivity contribution in [2.45, 2.75) is 0 Å². The summed E-state index contributed by atoms with van der Waals surface area (Å²) in [4.78, 5) is 11.0. The summed E-state index contributed by atoms with van der Waals surface area (Å²) in [5.74, 6) is -1.18. The van der Waals surface area contributed by atoms with E-state index in [0.29, 0.717) is 11.4 Å². The fourth-order valence-electron chi connectivity index (χ4n) is 1.77. The van der Waals surface area contributed by atoms with Gasteiger partial charge in [0, 0.05) is 5.69 Å². The molecular formula is C13H13N3O4S. The highest BCUT2D eigenvalue weighted by atomic mass is 32.2. The van der Waals surface area contributed by atoms with E-state index < -0.39 is 17.2 Å². The Morgan fingerprint density at radius 1 is 1.19 bits per heavy atom. The first-order chi connectivity index (χ1) is 9.97. The highest BCUT2D eigenvalue weighted by Gasteiger charge is 2.14. The molecule has 7 nitrogen and oxygen atoms in total. The molecule has 0 aliphatic rings. The van der Waals surface area contributed by atoms with Crippen LogP contribution in [0.25, 0.3) is 0 Å². The Hall–Kier alpha value is -2.58. The standard InChI is InChI=1S/C13H13N3O4S/c14-10-6-8(13(17)18)7-11(16-21(19)20)12(10)15-9-4-2-1-3-5-9/h1-7,15-16H,14H2,(H,17,18)(H,19,20). The van der Waals surface area contributed by atoms with Gasteiger partial charge in [0.05, 0.1) is 22.6 Å². The third-order valence-electron chi connectivity index (χ3n) is 2.66. The molecule has 1 atom stereocenters. The fourth-order valence-corrected chi connectivity index (χ4v) is 2.12. The lowest BCUT2D eigenvalue weighted by atomic mass is 10.1. The molecule has 0 aliphatic heterocycles. The number of para-hydroxylation sites is 1. The lowest BCUT2D eigenvalue weighted by Gasteiger charge is -2.15. The van der Waals surface area contributed by atoms with Crippen molar-refractivity contribution in [3.05, 3.63) is 48.0 Å². The number of aromatic carboxylic acids is 1. The number of nitrogens with two attached hydrogens (primary N) is 1. The monoisotopic (exact) mass is 307 g/mol. The van der Waals surface area contributed by atoms with Crippen LogP contribution in [0.5, 0.6) is 0 Å². The highest BCUT2D eigenvalue weighted by molar-refractivity contribution is 7.80. The van der Waals surface area contributed by atoms with Crippen LogP contribution < -0.4 is 15.8 Å². The van der Waals surface area contributed by atoms with Gasteiger partial charge in [-0.05, 0) is 24.3 Å². The molecule has 110 valence electrons. The van der Waals surface area contributed by atoms with Crippen LogP contribution in [0.2, 0.25) is 0 Å². The van der Waals surface area contributed by atoms with E-state index in [2.05, 4.69) is 10.0 Å². The normalized spacial score (nSPS) is 11.7. The van der Waals surface area contributed by atoms with Crippen LogP contribution in [0, 0.1) is 0 Å². The number of benzene rings is 2. The lowest BCUT2D eigenvalue weighted by molar-refractivity contribution is 0.0697. The number of hydrogen-bond acceptors (Lipinski definition) is 4. The molecule has 0 amide bonds. The quantitative estimate of drug-likeness (QED) is 0.426. The van der Waals surface area contributed by atoms with Crippen LogP contribution in [0.4, 0.5) is 22.7 Å². The van der Waals surface area contributed by atoms with E-state index in [-0.39, 0.29) is 16.9 Å². The molecule has 0 radical (unpaired) electrons. The van der Waals surface area contributed by atoms with E-state index in [1.165, 1.54) is 12.1 Å². The van der Waals surface area contributed by atoms with Crippen LogP contribution in [0.3, 0.4) is 0 Å². The molecule has 1 unspecified atom stereocenters. The zero-order valence-electron chi connectivity index (χ0n) is 10.7. The second-order valence-corrected chi connectivity index (χ2v) is 4.84. The average molecular weight is 307 g/mol. The van der Waals surface area contributed by atoms with Crippen molar-refractivity contribution in [2.24, 2.45) is 0 Å². The Morgan fingerprint density at radius 3 is 2.43 bits per heavy atom. The first kappa shape index (κ1) is 14.8. The third kappa shape index (κ3) is 3.71. The van der Waals surface area contributed by atoms with Gasteiger partial charge >= 0.3 is 5.97 Å². The summed E-state index contributed by atoms with van der Waals surface area (Å²) in [6, 6.07) is 11.5. The molecule has 0 saturated heterocycles. The van der Waals surface area contributed by atoms with Gasteiger partial charge in [-0.1, -0.05) is 18.2 Å². The van der Waals surface area contributed by atoms with E-state index >= 15 is 0 Å². The van der Waals surface area contributed by atoms with E-state index in [1.54, 1.807) is 24.3 Å². The van der Waals surface area contributed by atoms with Gasteiger partial charge in [-0.3, -0.25) is 9.27 Å². The number of rotatable bonds is 5. The maximum atomic E-state index is 11.0. The van der Waals surface area contributed by atoms with Crippen LogP contribution >= 0.6 is 0 Å². The van der Waals surface area contributed by atoms with Crippen molar-refractivity contribution < 1.29 is 18.7 Å². The summed E-state index contributed by atoms with van der Waals surface area (Å²) in [6.07, 6.45) is 0. The van der Waals surface area contributed by atoms with Crippen LogP contribution in [-0.2, 0) is 11.3 Å². The number of carboxylic acids is 1. The minimum atomic E-state index is -2.35. The number of carbonyl (C=O) groups is 1. The van der Waals surface area contributed by atoms with Gasteiger partial charge in [0.25, 0.3) is 11.3 Å². The topological polar surface area (TPSA) is 125 Å². The van der Waals surface area contributed by atoms with Crippen molar-refractivity contribution >= 4 is 40.0 Å². The first-order valence-corrected chi connectivity index (χ1v) is 6.94. The Kier molecular flexibility index (Phi) is 4.41. The van der Waals surface area contributed by atoms with E-state index in [0.717, 1.165) is 0 Å². The van der Waals surface area contributed by atoms with Crippen molar-refractivity contribution in [3.8, 4) is 0 Å². The van der Waals surface area contributed by atoms with Crippen LogP contribution in [0.1, 0.15) is 10.4 Å². The summed E-state index contributed by atoms with van der Waals surface area (Å²) in [7, 11) is 0. The van der Waals surface area contributed by atoms with E-state index in [4.69, 9.17) is 15.4 Å². The second-order valence-electron chi connectivity index (χ2n) is 4.14. The molecule has 0 aliphatic carbocycles. The first-order valence-electron chi connectivity index (χ1n) is 5.84. The maximum Gasteiger partial charge on any atom is 0.335 e. The molecule has 0 fully saturated rings. The summed E-state index contributed by atoms with van der Waals surface area (Å²) >= 11 is -2.35. The summed E-state index contributed by atoms with van der Waals surface area (Å²) in [6.45, 7) is 0. The molecule has 2 rings (SSSR count). The van der Waals surface area contributed by atoms with E-state index in [1.807, 2.05) is 6.07 Å². The van der Waals surface area contributed by atoms with Gasteiger partial charge in [0.15, 0.2) is 0 Å². The molecule has 2 aromatic carbocycles. The van der Waals surface area contributed by atoms with Gasteiger partial charge in [0.2, 0.25) is 0 Å². The average Bonchev–Trinajstić information content (AvgIpc) is 2.42.